The average molecular weight is 482 g/mol. The number of amides is 1. The van der Waals surface area contributed by atoms with Gasteiger partial charge in [-0.15, -0.1) is 29.7 Å². The van der Waals surface area contributed by atoms with Crippen LogP contribution in [-0.4, -0.2) is 29.2 Å². The van der Waals surface area contributed by atoms with Crippen LogP contribution in [0.1, 0.15) is 35.0 Å². The largest absolute Gasteiger partial charge is 0.466 e. The Hall–Kier alpha value is -3.10. The van der Waals surface area contributed by atoms with Crippen LogP contribution in [0.15, 0.2) is 71.5 Å². The Labute approximate surface area is 202 Å². The van der Waals surface area contributed by atoms with Crippen LogP contribution in [0.4, 0.5) is 10.8 Å². The molecule has 0 aliphatic rings. The highest BCUT2D eigenvalue weighted by atomic mass is 32.2. The molecule has 0 unspecified atom stereocenters. The lowest BCUT2D eigenvalue weighted by atomic mass is 10.1. The van der Waals surface area contributed by atoms with E-state index in [1.54, 1.807) is 36.2 Å². The minimum atomic E-state index is -0.331. The van der Waals surface area contributed by atoms with Crippen molar-refractivity contribution in [2.45, 2.75) is 31.2 Å². The molecule has 2 aromatic carbocycles. The fourth-order valence-electron chi connectivity index (χ4n) is 2.94. The van der Waals surface area contributed by atoms with Gasteiger partial charge in [0.05, 0.1) is 18.7 Å². The zero-order chi connectivity index (χ0) is 23.5. The van der Waals surface area contributed by atoms with Crippen molar-refractivity contribution >= 4 is 45.8 Å². The predicted molar refractivity (Wildman–Crippen MR) is 136 cm³/mol. The van der Waals surface area contributed by atoms with Crippen LogP contribution >= 0.6 is 23.1 Å². The summed E-state index contributed by atoms with van der Waals surface area (Å²) in [6.45, 7) is 6.52. The molecule has 0 saturated heterocycles. The Morgan fingerprint density at radius 1 is 1.18 bits per heavy atom. The van der Waals surface area contributed by atoms with Crippen molar-refractivity contribution in [2.75, 3.05) is 23.0 Å². The lowest BCUT2D eigenvalue weighted by Crippen LogP contribution is -2.12. The van der Waals surface area contributed by atoms with Gasteiger partial charge in [-0.1, -0.05) is 30.3 Å². The zero-order valence-corrected chi connectivity index (χ0v) is 20.1. The molecule has 0 fully saturated rings. The van der Waals surface area contributed by atoms with E-state index in [4.69, 9.17) is 4.74 Å². The number of carbonyl (C=O) groups excluding carboxylic acids is 2. The Kier molecular flexibility index (Phi) is 9.53. The normalized spacial score (nSPS) is 10.5. The fourth-order valence-corrected chi connectivity index (χ4v) is 4.62. The second kappa shape index (κ2) is 12.8. The Balaban J connectivity index is 1.53. The van der Waals surface area contributed by atoms with E-state index in [2.05, 4.69) is 34.3 Å². The van der Waals surface area contributed by atoms with Crippen LogP contribution in [0, 0.1) is 0 Å². The molecular formula is C25H27N3O3S2. The van der Waals surface area contributed by atoms with E-state index in [-0.39, 0.29) is 18.3 Å². The van der Waals surface area contributed by atoms with E-state index in [0.29, 0.717) is 29.5 Å². The van der Waals surface area contributed by atoms with Gasteiger partial charge in [-0.05, 0) is 43.2 Å². The maximum Gasteiger partial charge on any atom is 0.311 e. The number of para-hydroxylation sites is 1. The van der Waals surface area contributed by atoms with Gasteiger partial charge in [0.2, 0.25) is 0 Å². The maximum absolute atomic E-state index is 12.5. The number of thiazole rings is 1. The second-order valence-electron chi connectivity index (χ2n) is 7.05. The van der Waals surface area contributed by atoms with Crippen LogP contribution < -0.4 is 10.6 Å². The van der Waals surface area contributed by atoms with E-state index < -0.39 is 0 Å². The number of ether oxygens (including phenoxy) is 1. The molecule has 1 heterocycles. The number of hydrogen-bond donors (Lipinski definition) is 2. The highest BCUT2D eigenvalue weighted by Crippen LogP contribution is 2.28. The summed E-state index contributed by atoms with van der Waals surface area (Å²) in [7, 11) is 0. The topological polar surface area (TPSA) is 80.3 Å². The van der Waals surface area contributed by atoms with Crippen molar-refractivity contribution in [3.05, 3.63) is 83.4 Å². The SMILES string of the molecule is C=CCCSc1ccccc1NCc1ccc(C(=O)Nc2nc(CC(=O)OCC)cs2)cc1. The Morgan fingerprint density at radius 3 is 2.73 bits per heavy atom. The molecular weight excluding hydrogens is 454 g/mol. The lowest BCUT2D eigenvalue weighted by Gasteiger charge is -2.12. The van der Waals surface area contributed by atoms with Crippen LogP contribution in [0.3, 0.4) is 0 Å². The first-order valence-corrected chi connectivity index (χ1v) is 12.5. The molecule has 0 aliphatic heterocycles. The highest BCUT2D eigenvalue weighted by Gasteiger charge is 2.12. The average Bonchev–Trinajstić information content (AvgIpc) is 3.25. The Bertz CT molecular complexity index is 1080. The van der Waals surface area contributed by atoms with Gasteiger partial charge in [-0.3, -0.25) is 14.9 Å². The number of rotatable bonds is 12. The van der Waals surface area contributed by atoms with Gasteiger partial charge < -0.3 is 10.1 Å². The summed E-state index contributed by atoms with van der Waals surface area (Å²) < 4.78 is 4.92. The first-order chi connectivity index (χ1) is 16.1. The molecule has 1 aromatic heterocycles. The van der Waals surface area contributed by atoms with Crippen LogP contribution in [0.2, 0.25) is 0 Å². The standard InChI is InChI=1S/C25H27N3O3S2/c1-3-5-14-32-22-9-7-6-8-21(22)26-16-18-10-12-19(13-11-18)24(30)28-25-27-20(17-33-25)15-23(29)31-4-2/h3,6-13,17,26H,1,4-5,14-16H2,2H3,(H,27,28,30). The maximum atomic E-state index is 12.5. The predicted octanol–water partition coefficient (Wildman–Crippen LogP) is 5.78. The monoisotopic (exact) mass is 481 g/mol. The first kappa shape index (κ1) is 24.5. The minimum absolute atomic E-state index is 0.0950. The molecule has 3 rings (SSSR count). The molecule has 3 aromatic rings. The van der Waals surface area contributed by atoms with Crippen molar-refractivity contribution < 1.29 is 14.3 Å². The van der Waals surface area contributed by atoms with Gasteiger partial charge in [0.25, 0.3) is 5.91 Å². The quantitative estimate of drug-likeness (QED) is 0.148. The smallest absolute Gasteiger partial charge is 0.311 e. The second-order valence-corrected chi connectivity index (χ2v) is 9.05. The highest BCUT2D eigenvalue weighted by molar-refractivity contribution is 7.99. The molecule has 0 bridgehead atoms. The summed E-state index contributed by atoms with van der Waals surface area (Å²) in [4.78, 5) is 29.6. The number of esters is 1. The van der Waals surface area contributed by atoms with Gasteiger partial charge in [0.1, 0.15) is 0 Å². The lowest BCUT2D eigenvalue weighted by molar-refractivity contribution is -0.142. The number of hydrogen-bond acceptors (Lipinski definition) is 7. The van der Waals surface area contributed by atoms with Gasteiger partial charge >= 0.3 is 5.97 Å². The molecule has 172 valence electrons. The van der Waals surface area contributed by atoms with E-state index in [1.165, 1.54) is 16.2 Å². The molecule has 0 spiro atoms. The van der Waals surface area contributed by atoms with Crippen LogP contribution in [-0.2, 0) is 22.5 Å². The van der Waals surface area contributed by atoms with Crippen LogP contribution in [0.25, 0.3) is 0 Å². The third kappa shape index (κ3) is 7.76. The van der Waals surface area contributed by atoms with Crippen molar-refractivity contribution in [1.29, 1.82) is 0 Å². The minimum Gasteiger partial charge on any atom is -0.466 e. The summed E-state index contributed by atoms with van der Waals surface area (Å²) in [5.74, 6) is 0.424. The zero-order valence-electron chi connectivity index (χ0n) is 18.5. The molecule has 0 atom stereocenters. The van der Waals surface area contributed by atoms with Gasteiger partial charge in [0.15, 0.2) is 5.13 Å². The molecule has 1 amide bonds. The number of allylic oxidation sites excluding steroid dienone is 1. The molecule has 6 nitrogen and oxygen atoms in total. The number of carbonyl (C=O) groups is 2. The van der Waals surface area contributed by atoms with E-state index >= 15 is 0 Å². The van der Waals surface area contributed by atoms with Gasteiger partial charge in [-0.2, -0.15) is 0 Å². The fraction of sp³-hybridized carbons (Fsp3) is 0.240. The number of aromatic nitrogens is 1. The number of benzene rings is 2. The number of thioether (sulfide) groups is 1. The first-order valence-electron chi connectivity index (χ1n) is 10.7. The van der Waals surface area contributed by atoms with Crippen molar-refractivity contribution in [3.8, 4) is 0 Å². The summed E-state index contributed by atoms with van der Waals surface area (Å²) in [5, 5.41) is 8.46. The van der Waals surface area contributed by atoms with E-state index in [1.807, 2.05) is 30.3 Å². The summed E-state index contributed by atoms with van der Waals surface area (Å²) in [5.41, 5.74) is 3.29. The van der Waals surface area contributed by atoms with E-state index in [9.17, 15) is 9.59 Å². The number of anilines is 2. The van der Waals surface area contributed by atoms with Crippen molar-refractivity contribution in [1.82, 2.24) is 4.98 Å². The van der Waals surface area contributed by atoms with Crippen molar-refractivity contribution in [3.63, 3.8) is 0 Å². The molecule has 0 aliphatic carbocycles. The summed E-state index contributed by atoms with van der Waals surface area (Å²) in [6.07, 6.45) is 2.99. The third-order valence-corrected chi connectivity index (χ3v) is 6.48. The summed E-state index contributed by atoms with van der Waals surface area (Å²) in [6, 6.07) is 15.7. The van der Waals surface area contributed by atoms with Gasteiger partial charge in [0, 0.05) is 33.8 Å². The summed E-state index contributed by atoms with van der Waals surface area (Å²) >= 11 is 3.09. The Morgan fingerprint density at radius 2 is 1.97 bits per heavy atom. The molecule has 8 heteroatoms. The molecule has 2 N–H and O–H groups in total. The molecule has 33 heavy (non-hydrogen) atoms. The molecule has 0 radical (unpaired) electrons. The molecule has 0 saturated carbocycles. The van der Waals surface area contributed by atoms with Crippen LogP contribution in [0.5, 0.6) is 0 Å². The number of nitrogens with zero attached hydrogens (tertiary/aromatic N) is 1. The number of nitrogens with one attached hydrogen (secondary N) is 2. The third-order valence-electron chi connectivity index (χ3n) is 4.57. The van der Waals surface area contributed by atoms with Crippen molar-refractivity contribution in [2.24, 2.45) is 0 Å². The van der Waals surface area contributed by atoms with Gasteiger partial charge in [-0.25, -0.2) is 4.98 Å². The van der Waals surface area contributed by atoms with E-state index in [0.717, 1.165) is 23.4 Å².